The summed E-state index contributed by atoms with van der Waals surface area (Å²) in [6, 6.07) is 0. The fraction of sp³-hybridized carbons (Fsp3) is 0.400. The molecule has 1 unspecified atom stereocenters. The summed E-state index contributed by atoms with van der Waals surface area (Å²) in [4.78, 5) is 8.05. The molecule has 0 aliphatic carbocycles. The van der Waals surface area contributed by atoms with Crippen LogP contribution in [0, 0.1) is 15.9 Å². The van der Waals surface area contributed by atoms with E-state index < -0.39 is 0 Å². The molecule has 0 bridgehead atoms. The average molecular weight is 301 g/mol. The molecule has 74 valence electrons. The highest BCUT2D eigenvalue weighted by Crippen LogP contribution is 2.19. The van der Waals surface area contributed by atoms with Gasteiger partial charge in [-0.3, -0.25) is 0 Å². The second-order valence-electron chi connectivity index (χ2n) is 3.17. The predicted octanol–water partition coefficient (Wildman–Crippen LogP) is 2.29. The fourth-order valence-corrected chi connectivity index (χ4v) is 1.33. The van der Waals surface area contributed by atoms with Crippen LogP contribution in [0.5, 0.6) is 0 Å². The van der Waals surface area contributed by atoms with Crippen molar-refractivity contribution in [3.8, 4) is 12.3 Å². The largest absolute Gasteiger partial charge is 0.353 e. The van der Waals surface area contributed by atoms with Gasteiger partial charge in [0, 0.05) is 6.20 Å². The van der Waals surface area contributed by atoms with Crippen molar-refractivity contribution in [3.63, 3.8) is 0 Å². The number of terminal acetylenes is 1. The van der Waals surface area contributed by atoms with Crippen molar-refractivity contribution >= 4 is 28.4 Å². The van der Waals surface area contributed by atoms with Gasteiger partial charge < -0.3 is 5.32 Å². The smallest absolute Gasteiger partial charge is 0.144 e. The van der Waals surface area contributed by atoms with Crippen LogP contribution in [-0.4, -0.2) is 15.5 Å². The van der Waals surface area contributed by atoms with Crippen LogP contribution < -0.4 is 5.32 Å². The van der Waals surface area contributed by atoms with Gasteiger partial charge in [-0.05, 0) is 35.9 Å². The number of anilines is 1. The summed E-state index contributed by atoms with van der Waals surface area (Å²) < 4.78 is 0.972. The third-order valence-electron chi connectivity index (χ3n) is 2.09. The van der Waals surface area contributed by atoms with Crippen LogP contribution in [-0.2, 0) is 0 Å². The molecule has 14 heavy (non-hydrogen) atoms. The molecule has 0 radical (unpaired) electrons. The van der Waals surface area contributed by atoms with Crippen molar-refractivity contribution in [2.24, 2.45) is 0 Å². The Morgan fingerprint density at radius 1 is 1.71 bits per heavy atom. The summed E-state index contributed by atoms with van der Waals surface area (Å²) in [5.74, 6) is 3.52. The maximum absolute atomic E-state index is 5.46. The first-order valence-corrected chi connectivity index (χ1v) is 5.40. The summed E-state index contributed by atoms with van der Waals surface area (Å²) in [6.45, 7) is 4.02. The Labute approximate surface area is 97.9 Å². The summed E-state index contributed by atoms with van der Waals surface area (Å²) in [5, 5.41) is 3.23. The number of rotatable bonds is 3. The highest BCUT2D eigenvalue weighted by atomic mass is 127. The number of nitrogens with zero attached hydrogens (tertiary/aromatic N) is 2. The first kappa shape index (κ1) is 11.2. The molecule has 1 atom stereocenters. The van der Waals surface area contributed by atoms with E-state index in [1.807, 2.05) is 13.8 Å². The number of aromatic nitrogens is 2. The van der Waals surface area contributed by atoms with Crippen molar-refractivity contribution in [3.05, 3.63) is 16.1 Å². The molecule has 0 aliphatic rings. The van der Waals surface area contributed by atoms with E-state index in [1.54, 1.807) is 6.20 Å². The zero-order valence-corrected chi connectivity index (χ0v) is 10.4. The van der Waals surface area contributed by atoms with Crippen molar-refractivity contribution in [1.29, 1.82) is 0 Å². The van der Waals surface area contributed by atoms with Crippen molar-refractivity contribution < 1.29 is 0 Å². The van der Waals surface area contributed by atoms with Crippen molar-refractivity contribution in [2.75, 3.05) is 5.32 Å². The van der Waals surface area contributed by atoms with E-state index in [2.05, 4.69) is 43.8 Å². The van der Waals surface area contributed by atoms with Crippen LogP contribution in [0.4, 0.5) is 5.82 Å². The molecular weight excluding hydrogens is 289 g/mol. The lowest BCUT2D eigenvalue weighted by Gasteiger charge is -2.24. The molecule has 0 amide bonds. The molecule has 1 N–H and O–H groups in total. The summed E-state index contributed by atoms with van der Waals surface area (Å²) in [6.07, 6.45) is 9.57. The minimum absolute atomic E-state index is 0.339. The van der Waals surface area contributed by atoms with E-state index in [4.69, 9.17) is 6.42 Å². The molecule has 0 aliphatic heterocycles. The monoisotopic (exact) mass is 301 g/mol. The molecule has 0 fully saturated rings. The van der Waals surface area contributed by atoms with Gasteiger partial charge in [-0.1, -0.05) is 12.8 Å². The Balaban J connectivity index is 2.89. The molecular formula is C10H12IN3. The van der Waals surface area contributed by atoms with Gasteiger partial charge in [-0.2, -0.15) is 0 Å². The topological polar surface area (TPSA) is 37.8 Å². The highest BCUT2D eigenvalue weighted by Gasteiger charge is 2.19. The van der Waals surface area contributed by atoms with Crippen molar-refractivity contribution in [1.82, 2.24) is 9.97 Å². The molecule has 0 spiro atoms. The zero-order valence-electron chi connectivity index (χ0n) is 8.21. The average Bonchev–Trinajstić information content (AvgIpc) is 2.21. The fourth-order valence-electron chi connectivity index (χ4n) is 0.892. The number of nitrogens with one attached hydrogen (secondary N) is 1. The standard InChI is InChI=1S/C10H12IN3/c1-4-10(3,5-2)14-9-8(11)6-12-7-13-9/h1,6-7H,5H2,2-3H3,(H,12,13,14). The van der Waals surface area contributed by atoms with Crippen LogP contribution >= 0.6 is 22.6 Å². The Morgan fingerprint density at radius 2 is 2.43 bits per heavy atom. The predicted molar refractivity (Wildman–Crippen MR) is 65.9 cm³/mol. The van der Waals surface area contributed by atoms with E-state index in [1.165, 1.54) is 6.33 Å². The van der Waals surface area contributed by atoms with E-state index >= 15 is 0 Å². The minimum atomic E-state index is -0.339. The molecule has 0 saturated carbocycles. The van der Waals surface area contributed by atoms with Crippen LogP contribution in [0.1, 0.15) is 20.3 Å². The zero-order chi connectivity index (χ0) is 10.6. The molecule has 1 aromatic rings. The molecule has 1 aromatic heterocycles. The second kappa shape index (κ2) is 4.60. The molecule has 0 aromatic carbocycles. The maximum atomic E-state index is 5.46. The van der Waals surface area contributed by atoms with Crippen LogP contribution in [0.15, 0.2) is 12.5 Å². The Hall–Kier alpha value is -0.830. The summed E-state index contributed by atoms with van der Waals surface area (Å²) >= 11 is 2.18. The van der Waals surface area contributed by atoms with Crippen molar-refractivity contribution in [2.45, 2.75) is 25.8 Å². The van der Waals surface area contributed by atoms with Gasteiger partial charge in [0.15, 0.2) is 0 Å². The number of halogens is 1. The van der Waals surface area contributed by atoms with Gasteiger partial charge in [0.05, 0.1) is 9.11 Å². The van der Waals surface area contributed by atoms with Gasteiger partial charge in [0.1, 0.15) is 12.1 Å². The molecule has 0 saturated heterocycles. The lowest BCUT2D eigenvalue weighted by atomic mass is 10.0. The van der Waals surface area contributed by atoms with E-state index in [0.717, 1.165) is 15.8 Å². The Bertz CT molecular complexity index is 359. The van der Waals surface area contributed by atoms with E-state index in [9.17, 15) is 0 Å². The van der Waals surface area contributed by atoms with Gasteiger partial charge in [0.2, 0.25) is 0 Å². The molecule has 4 heteroatoms. The Morgan fingerprint density at radius 3 is 2.93 bits per heavy atom. The van der Waals surface area contributed by atoms with E-state index in [0.29, 0.717) is 0 Å². The highest BCUT2D eigenvalue weighted by molar-refractivity contribution is 14.1. The van der Waals surface area contributed by atoms with Gasteiger partial charge in [-0.15, -0.1) is 6.42 Å². The maximum Gasteiger partial charge on any atom is 0.144 e. The Kier molecular flexibility index (Phi) is 3.69. The summed E-state index contributed by atoms with van der Waals surface area (Å²) in [5.41, 5.74) is -0.339. The third-order valence-corrected chi connectivity index (χ3v) is 2.88. The lowest BCUT2D eigenvalue weighted by molar-refractivity contribution is 0.631. The van der Waals surface area contributed by atoms with Crippen LogP contribution in [0.2, 0.25) is 0 Å². The minimum Gasteiger partial charge on any atom is -0.353 e. The summed E-state index contributed by atoms with van der Waals surface area (Å²) in [7, 11) is 0. The lowest BCUT2D eigenvalue weighted by Crippen LogP contribution is -2.32. The van der Waals surface area contributed by atoms with Crippen LogP contribution in [0.3, 0.4) is 0 Å². The molecule has 1 rings (SSSR count). The molecule has 3 nitrogen and oxygen atoms in total. The SMILES string of the molecule is C#CC(C)(CC)Nc1ncncc1I. The van der Waals surface area contributed by atoms with Gasteiger partial charge >= 0.3 is 0 Å². The number of hydrogen-bond donors (Lipinski definition) is 1. The second-order valence-corrected chi connectivity index (χ2v) is 4.34. The first-order valence-electron chi connectivity index (χ1n) is 4.33. The normalized spacial score (nSPS) is 14.1. The van der Waals surface area contributed by atoms with Gasteiger partial charge in [0.25, 0.3) is 0 Å². The first-order chi connectivity index (χ1) is 6.61. The van der Waals surface area contributed by atoms with Crippen LogP contribution in [0.25, 0.3) is 0 Å². The third kappa shape index (κ3) is 2.58. The quantitative estimate of drug-likeness (QED) is 0.687. The van der Waals surface area contributed by atoms with E-state index in [-0.39, 0.29) is 5.54 Å². The number of hydrogen-bond acceptors (Lipinski definition) is 3. The molecule has 1 heterocycles. The van der Waals surface area contributed by atoms with Gasteiger partial charge in [-0.25, -0.2) is 9.97 Å².